The zero-order chi connectivity index (χ0) is 14.3. The molecule has 106 valence electrons. The Kier molecular flexibility index (Phi) is 6.12. The smallest absolute Gasteiger partial charge is 0.242 e. The Labute approximate surface area is 114 Å². The van der Waals surface area contributed by atoms with E-state index >= 15 is 0 Å². The van der Waals surface area contributed by atoms with Crippen LogP contribution in [-0.4, -0.2) is 30.6 Å². The minimum absolute atomic E-state index is 0.00327. The molecule has 5 nitrogen and oxygen atoms in total. The van der Waals surface area contributed by atoms with Crippen molar-refractivity contribution in [2.24, 2.45) is 5.92 Å². The van der Waals surface area contributed by atoms with E-state index in [9.17, 15) is 4.79 Å². The van der Waals surface area contributed by atoms with Gasteiger partial charge < -0.3 is 15.4 Å². The average molecular weight is 265 g/mol. The second-order valence-corrected chi connectivity index (χ2v) is 4.93. The number of carbonyl (C=O) groups is 1. The molecule has 5 heteroatoms. The van der Waals surface area contributed by atoms with Crippen LogP contribution in [0, 0.1) is 5.92 Å². The first-order chi connectivity index (χ1) is 9.02. The lowest BCUT2D eigenvalue weighted by atomic mass is 10.1. The third-order valence-electron chi connectivity index (χ3n) is 2.74. The molecular formula is C14H23N3O2. The monoisotopic (exact) mass is 265 g/mol. The van der Waals surface area contributed by atoms with E-state index in [0.29, 0.717) is 18.3 Å². The summed E-state index contributed by atoms with van der Waals surface area (Å²) in [4.78, 5) is 15.9. The molecule has 0 fully saturated rings. The second kappa shape index (κ2) is 7.61. The number of hydrogen-bond donors (Lipinski definition) is 2. The predicted octanol–water partition coefficient (Wildman–Crippen LogP) is 2.05. The van der Waals surface area contributed by atoms with Crippen molar-refractivity contribution in [3.8, 4) is 5.88 Å². The maximum absolute atomic E-state index is 11.8. The summed E-state index contributed by atoms with van der Waals surface area (Å²) in [5.41, 5.74) is 0.798. The zero-order valence-electron chi connectivity index (χ0n) is 12.1. The fourth-order valence-electron chi connectivity index (χ4n) is 1.54. The standard InChI is InChI=1S/C14H23N3O2/c1-10(2)7-8-15-14(18)11(3)17-12-5-6-13(19-4)16-9-12/h5-6,9-11,17H,7-8H2,1-4H3,(H,15,18). The van der Waals surface area contributed by atoms with Crippen molar-refractivity contribution in [1.82, 2.24) is 10.3 Å². The van der Waals surface area contributed by atoms with Crippen LogP contribution in [0.3, 0.4) is 0 Å². The molecule has 1 atom stereocenters. The number of pyridine rings is 1. The summed E-state index contributed by atoms with van der Waals surface area (Å²) in [6, 6.07) is 3.30. The molecule has 0 aliphatic heterocycles. The summed E-state index contributed by atoms with van der Waals surface area (Å²) < 4.78 is 4.98. The van der Waals surface area contributed by atoms with Gasteiger partial charge in [0, 0.05) is 12.6 Å². The second-order valence-electron chi connectivity index (χ2n) is 4.93. The number of methoxy groups -OCH3 is 1. The highest BCUT2D eigenvalue weighted by Crippen LogP contribution is 2.11. The van der Waals surface area contributed by atoms with E-state index in [1.807, 2.05) is 13.0 Å². The quantitative estimate of drug-likeness (QED) is 0.792. The lowest BCUT2D eigenvalue weighted by molar-refractivity contribution is -0.121. The first-order valence-corrected chi connectivity index (χ1v) is 6.57. The molecule has 0 aromatic carbocycles. The van der Waals surface area contributed by atoms with Gasteiger partial charge in [-0.1, -0.05) is 13.8 Å². The number of nitrogens with one attached hydrogen (secondary N) is 2. The molecule has 0 spiro atoms. The Morgan fingerprint density at radius 1 is 1.37 bits per heavy atom. The van der Waals surface area contributed by atoms with Crippen LogP contribution in [0.1, 0.15) is 27.2 Å². The van der Waals surface area contributed by atoms with E-state index in [2.05, 4.69) is 29.5 Å². The van der Waals surface area contributed by atoms with E-state index < -0.39 is 0 Å². The van der Waals surface area contributed by atoms with Gasteiger partial charge in [0.15, 0.2) is 0 Å². The molecular weight excluding hydrogens is 242 g/mol. The normalized spacial score (nSPS) is 12.1. The van der Waals surface area contributed by atoms with Crippen molar-refractivity contribution in [3.05, 3.63) is 18.3 Å². The summed E-state index contributed by atoms with van der Waals surface area (Å²) in [6.45, 7) is 6.81. The Hall–Kier alpha value is -1.78. The van der Waals surface area contributed by atoms with Crippen LogP contribution in [0.2, 0.25) is 0 Å². The first-order valence-electron chi connectivity index (χ1n) is 6.57. The molecule has 1 heterocycles. The molecule has 0 radical (unpaired) electrons. The van der Waals surface area contributed by atoms with Crippen molar-refractivity contribution < 1.29 is 9.53 Å². The topological polar surface area (TPSA) is 63.2 Å². The van der Waals surface area contributed by atoms with Gasteiger partial charge in [-0.3, -0.25) is 4.79 Å². The van der Waals surface area contributed by atoms with E-state index in [0.717, 1.165) is 12.1 Å². The summed E-state index contributed by atoms with van der Waals surface area (Å²) >= 11 is 0. The molecule has 0 saturated carbocycles. The van der Waals surface area contributed by atoms with Gasteiger partial charge in [0.05, 0.1) is 19.0 Å². The van der Waals surface area contributed by atoms with Crippen LogP contribution in [0.25, 0.3) is 0 Å². The number of ether oxygens (including phenoxy) is 1. The van der Waals surface area contributed by atoms with Crippen molar-refractivity contribution >= 4 is 11.6 Å². The molecule has 2 N–H and O–H groups in total. The van der Waals surface area contributed by atoms with Crippen molar-refractivity contribution in [2.75, 3.05) is 19.0 Å². The fourth-order valence-corrected chi connectivity index (χ4v) is 1.54. The molecule has 0 saturated heterocycles. The fraction of sp³-hybridized carbons (Fsp3) is 0.571. The minimum Gasteiger partial charge on any atom is -0.481 e. The lowest BCUT2D eigenvalue weighted by Crippen LogP contribution is -2.38. The number of rotatable bonds is 7. The van der Waals surface area contributed by atoms with Gasteiger partial charge in [-0.05, 0) is 25.3 Å². The van der Waals surface area contributed by atoms with E-state index in [-0.39, 0.29) is 11.9 Å². The predicted molar refractivity (Wildman–Crippen MR) is 76.3 cm³/mol. The summed E-state index contributed by atoms with van der Waals surface area (Å²) in [6.07, 6.45) is 2.64. The molecule has 19 heavy (non-hydrogen) atoms. The van der Waals surface area contributed by atoms with Crippen LogP contribution in [-0.2, 0) is 4.79 Å². The minimum atomic E-state index is -0.289. The van der Waals surface area contributed by atoms with Crippen LogP contribution in [0.15, 0.2) is 18.3 Å². The van der Waals surface area contributed by atoms with Crippen LogP contribution in [0.5, 0.6) is 5.88 Å². The SMILES string of the molecule is COc1ccc(NC(C)C(=O)NCCC(C)C)cn1. The Morgan fingerprint density at radius 3 is 2.63 bits per heavy atom. The third-order valence-corrected chi connectivity index (χ3v) is 2.74. The number of hydrogen-bond acceptors (Lipinski definition) is 4. The van der Waals surface area contributed by atoms with Crippen LogP contribution < -0.4 is 15.4 Å². The molecule has 1 aromatic heterocycles. The molecule has 0 aliphatic carbocycles. The van der Waals surface area contributed by atoms with Crippen molar-refractivity contribution in [2.45, 2.75) is 33.2 Å². The van der Waals surface area contributed by atoms with Gasteiger partial charge in [0.2, 0.25) is 11.8 Å². The van der Waals surface area contributed by atoms with E-state index in [4.69, 9.17) is 4.74 Å². The van der Waals surface area contributed by atoms with Gasteiger partial charge in [0.1, 0.15) is 6.04 Å². The number of nitrogens with zero attached hydrogens (tertiary/aromatic N) is 1. The van der Waals surface area contributed by atoms with Crippen molar-refractivity contribution in [1.29, 1.82) is 0 Å². The van der Waals surface area contributed by atoms with Crippen molar-refractivity contribution in [3.63, 3.8) is 0 Å². The highest BCUT2D eigenvalue weighted by molar-refractivity contribution is 5.84. The molecule has 0 bridgehead atoms. The van der Waals surface area contributed by atoms with Gasteiger partial charge in [-0.25, -0.2) is 4.98 Å². The summed E-state index contributed by atoms with van der Waals surface area (Å²) in [7, 11) is 1.57. The van der Waals surface area contributed by atoms with Gasteiger partial charge >= 0.3 is 0 Å². The number of aromatic nitrogens is 1. The largest absolute Gasteiger partial charge is 0.481 e. The van der Waals surface area contributed by atoms with Crippen LogP contribution >= 0.6 is 0 Å². The molecule has 1 unspecified atom stereocenters. The van der Waals surface area contributed by atoms with E-state index in [1.54, 1.807) is 19.4 Å². The molecule has 1 amide bonds. The third kappa shape index (κ3) is 5.59. The zero-order valence-corrected chi connectivity index (χ0v) is 12.1. The highest BCUT2D eigenvalue weighted by Gasteiger charge is 2.12. The summed E-state index contributed by atoms with van der Waals surface area (Å²) in [5, 5.41) is 6.01. The van der Waals surface area contributed by atoms with Gasteiger partial charge in [-0.15, -0.1) is 0 Å². The molecule has 1 aromatic rings. The van der Waals surface area contributed by atoms with Gasteiger partial charge in [0.25, 0.3) is 0 Å². The molecule has 1 rings (SSSR count). The Morgan fingerprint density at radius 2 is 2.11 bits per heavy atom. The maximum atomic E-state index is 11.8. The van der Waals surface area contributed by atoms with E-state index in [1.165, 1.54) is 0 Å². The first kappa shape index (κ1) is 15.3. The van der Waals surface area contributed by atoms with Crippen LogP contribution in [0.4, 0.5) is 5.69 Å². The van der Waals surface area contributed by atoms with Gasteiger partial charge in [-0.2, -0.15) is 0 Å². The highest BCUT2D eigenvalue weighted by atomic mass is 16.5. The summed E-state index contributed by atoms with van der Waals surface area (Å²) in [5.74, 6) is 1.14. The Balaban J connectivity index is 2.40. The Bertz CT molecular complexity index is 390. The lowest BCUT2D eigenvalue weighted by Gasteiger charge is -2.15. The average Bonchev–Trinajstić information content (AvgIpc) is 2.39. The number of amides is 1. The molecule has 0 aliphatic rings. The maximum Gasteiger partial charge on any atom is 0.242 e. The number of carbonyl (C=O) groups excluding carboxylic acids is 1. The number of anilines is 1.